The van der Waals surface area contributed by atoms with Gasteiger partial charge in [-0.05, 0) is 93.3 Å². The number of H-pyrrole nitrogens is 1. The van der Waals surface area contributed by atoms with Gasteiger partial charge < -0.3 is 14.6 Å². The number of unbranched alkanes of at least 4 members (excludes halogenated alkanes) is 1. The number of piperidine rings is 1. The van der Waals surface area contributed by atoms with Crippen LogP contribution in [0, 0.1) is 0 Å². The Labute approximate surface area is 229 Å². The predicted octanol–water partition coefficient (Wildman–Crippen LogP) is 5.16. The molecule has 2 aromatic carbocycles. The molecule has 0 spiro atoms. The van der Waals surface area contributed by atoms with E-state index in [1.165, 1.54) is 33.9 Å². The normalized spacial score (nSPS) is 17.8. The van der Waals surface area contributed by atoms with E-state index < -0.39 is 0 Å². The van der Waals surface area contributed by atoms with Gasteiger partial charge in [-0.15, -0.1) is 0 Å². The molecule has 1 N–H and O–H groups in total. The van der Waals surface area contributed by atoms with E-state index in [1.807, 2.05) is 28.8 Å². The van der Waals surface area contributed by atoms with Gasteiger partial charge in [0.25, 0.3) is 5.56 Å². The molecule has 0 amide bonds. The summed E-state index contributed by atoms with van der Waals surface area (Å²) in [5.74, 6) is 1.29. The molecule has 2 aliphatic heterocycles. The molecule has 0 bridgehead atoms. The van der Waals surface area contributed by atoms with E-state index in [0.29, 0.717) is 24.6 Å². The highest BCUT2D eigenvalue weighted by Crippen LogP contribution is 2.32. The molecular weight excluding hydrogens is 488 g/mol. The number of aromatic nitrogens is 3. The summed E-state index contributed by atoms with van der Waals surface area (Å²) in [6.07, 6.45) is 9.11. The molecule has 2 aliphatic rings. The topological polar surface area (TPSA) is 72.3 Å². The third-order valence-electron chi connectivity index (χ3n) is 8.63. The maximum atomic E-state index is 13.7. The summed E-state index contributed by atoms with van der Waals surface area (Å²) in [5, 5.41) is 1.34. The van der Waals surface area contributed by atoms with Crippen LogP contribution in [0.15, 0.2) is 64.3 Å². The van der Waals surface area contributed by atoms with Crippen molar-refractivity contribution in [3.63, 3.8) is 0 Å². The zero-order chi connectivity index (χ0) is 26.8. The van der Waals surface area contributed by atoms with Gasteiger partial charge in [0.1, 0.15) is 5.75 Å². The van der Waals surface area contributed by atoms with Gasteiger partial charge in [0.05, 0.1) is 12.7 Å². The van der Waals surface area contributed by atoms with E-state index in [-0.39, 0.29) is 11.2 Å². The minimum atomic E-state index is -0.157. The minimum absolute atomic E-state index is 0.149. The molecule has 1 atom stereocenters. The molecule has 1 fully saturated rings. The Morgan fingerprint density at radius 1 is 0.949 bits per heavy atom. The first kappa shape index (κ1) is 25.7. The van der Waals surface area contributed by atoms with Crippen molar-refractivity contribution < 1.29 is 4.74 Å². The second-order valence-corrected chi connectivity index (χ2v) is 11.0. The van der Waals surface area contributed by atoms with E-state index in [9.17, 15) is 9.59 Å². The molecule has 0 saturated carbocycles. The van der Waals surface area contributed by atoms with Gasteiger partial charge in [0.2, 0.25) is 0 Å². The maximum absolute atomic E-state index is 13.7. The van der Waals surface area contributed by atoms with Crippen molar-refractivity contribution in [2.75, 3.05) is 26.7 Å². The Hall–Kier alpha value is -3.58. The largest absolute Gasteiger partial charge is 0.497 e. The summed E-state index contributed by atoms with van der Waals surface area (Å²) in [7, 11) is 1.64. The van der Waals surface area contributed by atoms with Gasteiger partial charge in [0, 0.05) is 42.4 Å². The number of methoxy groups -OCH3 is 1. The van der Waals surface area contributed by atoms with Gasteiger partial charge in [-0.25, -0.2) is 4.79 Å². The Kier molecular flexibility index (Phi) is 7.42. The van der Waals surface area contributed by atoms with Gasteiger partial charge in [-0.2, -0.15) is 0 Å². The van der Waals surface area contributed by atoms with Gasteiger partial charge in [-0.3, -0.25) is 13.9 Å². The predicted molar refractivity (Wildman–Crippen MR) is 156 cm³/mol. The third-order valence-corrected chi connectivity index (χ3v) is 8.63. The average molecular weight is 527 g/mol. The van der Waals surface area contributed by atoms with Crippen molar-refractivity contribution in [2.24, 2.45) is 0 Å². The smallest absolute Gasteiger partial charge is 0.331 e. The molecule has 0 radical (unpaired) electrons. The number of ether oxygens (including phenoxy) is 1. The first-order chi connectivity index (χ1) is 19.1. The summed E-state index contributed by atoms with van der Waals surface area (Å²) < 4.78 is 8.64. The highest BCUT2D eigenvalue weighted by Gasteiger charge is 2.24. The Balaban J connectivity index is 1.15. The van der Waals surface area contributed by atoms with Crippen LogP contribution < -0.4 is 16.0 Å². The van der Waals surface area contributed by atoms with Crippen LogP contribution >= 0.6 is 0 Å². The van der Waals surface area contributed by atoms with Crippen molar-refractivity contribution in [1.82, 2.24) is 19.0 Å². The molecular formula is C32H38N4O3. The van der Waals surface area contributed by atoms with Crippen LogP contribution in [0.4, 0.5) is 0 Å². The fraction of sp³-hybridized carbons (Fsp3) is 0.438. The quantitative estimate of drug-likeness (QED) is 0.322. The highest BCUT2D eigenvalue weighted by atomic mass is 16.5. The van der Waals surface area contributed by atoms with Crippen LogP contribution in [0.1, 0.15) is 55.7 Å². The lowest BCUT2D eigenvalue weighted by molar-refractivity contribution is 0.204. The number of fused-ring (bicyclic) bond motifs is 2. The molecule has 204 valence electrons. The second-order valence-electron chi connectivity index (χ2n) is 11.0. The molecule has 1 unspecified atom stereocenters. The van der Waals surface area contributed by atoms with Crippen molar-refractivity contribution in [2.45, 2.75) is 64.0 Å². The SMILES string of the molecule is COc1ccc(-c2c3n(c(=O)n(CCCCN4CCCC(c5c[nH]c6ccccc56)C4)c2=O)CCCC3)cc1. The molecule has 7 nitrogen and oxygen atoms in total. The van der Waals surface area contributed by atoms with Crippen molar-refractivity contribution >= 4 is 10.9 Å². The summed E-state index contributed by atoms with van der Waals surface area (Å²) in [4.78, 5) is 33.1. The van der Waals surface area contributed by atoms with E-state index in [4.69, 9.17) is 4.74 Å². The molecule has 0 aliphatic carbocycles. The number of rotatable bonds is 8. The summed E-state index contributed by atoms with van der Waals surface area (Å²) >= 11 is 0. The number of nitrogens with one attached hydrogen (secondary N) is 1. The van der Waals surface area contributed by atoms with Crippen LogP contribution in [-0.2, 0) is 19.5 Å². The van der Waals surface area contributed by atoms with Crippen molar-refractivity contribution in [1.29, 1.82) is 0 Å². The fourth-order valence-electron chi connectivity index (χ4n) is 6.59. The molecule has 6 rings (SSSR count). The zero-order valence-corrected chi connectivity index (χ0v) is 22.8. The number of likely N-dealkylation sites (tertiary alicyclic amines) is 1. The number of hydrogen-bond donors (Lipinski definition) is 1. The standard InChI is InChI=1S/C32H38N4O3/c1-39-25-15-13-23(14-16-25)30-29-12-4-5-19-35(29)32(38)36(31(30)37)20-7-6-17-34-18-8-9-24(22-34)27-21-33-28-11-3-2-10-26(27)28/h2-3,10-11,13-16,21,24,33H,4-9,12,17-20,22H2,1H3. The number of aromatic amines is 1. The minimum Gasteiger partial charge on any atom is -0.497 e. The van der Waals surface area contributed by atoms with E-state index in [0.717, 1.165) is 68.7 Å². The number of nitrogens with zero attached hydrogens (tertiary/aromatic N) is 3. The lowest BCUT2D eigenvalue weighted by Gasteiger charge is -2.32. The van der Waals surface area contributed by atoms with Crippen LogP contribution in [0.2, 0.25) is 0 Å². The monoisotopic (exact) mass is 526 g/mol. The molecule has 7 heteroatoms. The lowest BCUT2D eigenvalue weighted by atomic mass is 9.90. The first-order valence-corrected chi connectivity index (χ1v) is 14.4. The van der Waals surface area contributed by atoms with Crippen LogP contribution in [-0.4, -0.2) is 45.8 Å². The van der Waals surface area contributed by atoms with Gasteiger partial charge in [0.15, 0.2) is 0 Å². The average Bonchev–Trinajstić information content (AvgIpc) is 3.42. The fourth-order valence-corrected chi connectivity index (χ4v) is 6.59. The van der Waals surface area contributed by atoms with Crippen LogP contribution in [0.3, 0.4) is 0 Å². The van der Waals surface area contributed by atoms with E-state index in [2.05, 4.69) is 40.3 Å². The van der Waals surface area contributed by atoms with Gasteiger partial charge in [-0.1, -0.05) is 30.3 Å². The first-order valence-electron chi connectivity index (χ1n) is 14.4. The third kappa shape index (κ3) is 5.08. The zero-order valence-electron chi connectivity index (χ0n) is 22.8. The highest BCUT2D eigenvalue weighted by molar-refractivity contribution is 5.83. The maximum Gasteiger partial charge on any atom is 0.331 e. The molecule has 1 saturated heterocycles. The van der Waals surface area contributed by atoms with Crippen LogP contribution in [0.25, 0.3) is 22.0 Å². The molecule has 4 heterocycles. The Morgan fingerprint density at radius 3 is 2.62 bits per heavy atom. The lowest BCUT2D eigenvalue weighted by Crippen LogP contribution is -2.44. The van der Waals surface area contributed by atoms with E-state index in [1.54, 1.807) is 7.11 Å². The summed E-state index contributed by atoms with van der Waals surface area (Å²) in [6.45, 7) is 4.31. The number of benzene rings is 2. The Morgan fingerprint density at radius 2 is 1.77 bits per heavy atom. The van der Waals surface area contributed by atoms with Crippen molar-refractivity contribution in [3.05, 3.63) is 86.8 Å². The van der Waals surface area contributed by atoms with E-state index >= 15 is 0 Å². The molecule has 39 heavy (non-hydrogen) atoms. The Bertz CT molecular complexity index is 1560. The summed E-state index contributed by atoms with van der Waals surface area (Å²) in [5.41, 5.74) is 4.75. The van der Waals surface area contributed by atoms with Gasteiger partial charge >= 0.3 is 5.69 Å². The molecule has 4 aromatic rings. The van der Waals surface area contributed by atoms with Crippen LogP contribution in [0.5, 0.6) is 5.75 Å². The number of para-hydroxylation sites is 1. The van der Waals surface area contributed by atoms with Crippen molar-refractivity contribution in [3.8, 4) is 16.9 Å². The second kappa shape index (κ2) is 11.3. The molecule has 2 aromatic heterocycles. The summed E-state index contributed by atoms with van der Waals surface area (Å²) in [6, 6.07) is 16.2. The number of hydrogen-bond acceptors (Lipinski definition) is 4.